The molecule has 5 rings (SSSR count). The van der Waals surface area contributed by atoms with Gasteiger partial charge in [0.2, 0.25) is 5.91 Å². The molecular formula is C27H29N3O3. The highest BCUT2D eigenvalue weighted by Gasteiger charge is 2.54. The third-order valence-corrected chi connectivity index (χ3v) is 7.39. The normalized spacial score (nSPS) is 24.8. The van der Waals surface area contributed by atoms with Gasteiger partial charge in [-0.3, -0.25) is 14.5 Å². The van der Waals surface area contributed by atoms with Gasteiger partial charge in [-0.25, -0.2) is 0 Å². The van der Waals surface area contributed by atoms with Crippen LogP contribution < -0.4 is 10.9 Å². The number of hydrogen-bond donors (Lipinski definition) is 2. The number of carbonyl (C=O) groups is 1. The summed E-state index contributed by atoms with van der Waals surface area (Å²) in [5.74, 6) is -0.771. The van der Waals surface area contributed by atoms with E-state index in [0.29, 0.717) is 12.1 Å². The van der Waals surface area contributed by atoms with Crippen molar-refractivity contribution in [2.24, 2.45) is 11.8 Å². The zero-order valence-corrected chi connectivity index (χ0v) is 18.9. The predicted molar refractivity (Wildman–Crippen MR) is 127 cm³/mol. The Balaban J connectivity index is 1.51. The van der Waals surface area contributed by atoms with Gasteiger partial charge in [0.05, 0.1) is 18.0 Å². The quantitative estimate of drug-likeness (QED) is 0.636. The smallest absolute Gasteiger partial charge is 0.258 e. The molecule has 0 spiro atoms. The lowest BCUT2D eigenvalue weighted by atomic mass is 9.86. The third-order valence-electron chi connectivity index (χ3n) is 7.39. The molecule has 3 aromatic rings. The first kappa shape index (κ1) is 21.6. The molecule has 0 unspecified atom stereocenters. The monoisotopic (exact) mass is 443 g/mol. The Morgan fingerprint density at radius 1 is 1.06 bits per heavy atom. The highest BCUT2D eigenvalue weighted by Crippen LogP contribution is 2.47. The molecule has 5 atom stereocenters. The van der Waals surface area contributed by atoms with Crippen molar-refractivity contribution in [1.82, 2.24) is 14.8 Å². The Labute approximate surface area is 193 Å². The van der Waals surface area contributed by atoms with Crippen LogP contribution in [0, 0.1) is 11.8 Å². The number of nitrogens with one attached hydrogen (secondary N) is 1. The van der Waals surface area contributed by atoms with Gasteiger partial charge in [-0.15, -0.1) is 0 Å². The number of likely N-dealkylation sites (N-methyl/N-ethyl adjacent to an activating group) is 1. The van der Waals surface area contributed by atoms with Gasteiger partial charge in [-0.05, 0) is 37.2 Å². The van der Waals surface area contributed by atoms with Crippen LogP contribution in [-0.2, 0) is 11.3 Å². The number of carbonyl (C=O) groups excluding carboxylic acids is 1. The van der Waals surface area contributed by atoms with Crippen LogP contribution in [0.2, 0.25) is 0 Å². The van der Waals surface area contributed by atoms with Crippen LogP contribution in [0.1, 0.15) is 30.3 Å². The van der Waals surface area contributed by atoms with Gasteiger partial charge >= 0.3 is 0 Å². The van der Waals surface area contributed by atoms with E-state index in [4.69, 9.17) is 0 Å². The molecule has 0 radical (unpaired) electrons. The van der Waals surface area contributed by atoms with E-state index in [1.165, 1.54) is 0 Å². The van der Waals surface area contributed by atoms with Gasteiger partial charge in [0.25, 0.3) is 5.56 Å². The van der Waals surface area contributed by atoms with Crippen LogP contribution in [0.15, 0.2) is 77.6 Å². The molecule has 1 amide bonds. The number of nitrogens with zero attached hydrogens (tertiary/aromatic N) is 2. The zero-order valence-electron chi connectivity index (χ0n) is 18.9. The summed E-state index contributed by atoms with van der Waals surface area (Å²) < 4.78 is 1.81. The number of fused-ring (bicyclic) bond motifs is 4. The average Bonchev–Trinajstić information content (AvgIpc) is 3.02. The zero-order chi connectivity index (χ0) is 23.1. The van der Waals surface area contributed by atoms with Crippen molar-refractivity contribution in [3.05, 3.63) is 94.4 Å². The fraction of sp³-hybridized carbons (Fsp3) is 0.333. The summed E-state index contributed by atoms with van der Waals surface area (Å²) in [6, 6.07) is 22.8. The highest BCUT2D eigenvalue weighted by atomic mass is 16.3. The minimum atomic E-state index is -0.438. The first-order valence-corrected chi connectivity index (χ1v) is 11.5. The molecule has 6 nitrogen and oxygen atoms in total. The van der Waals surface area contributed by atoms with Crippen LogP contribution in [0.5, 0.6) is 0 Å². The van der Waals surface area contributed by atoms with E-state index in [1.54, 1.807) is 0 Å². The summed E-state index contributed by atoms with van der Waals surface area (Å²) >= 11 is 0. The van der Waals surface area contributed by atoms with Crippen molar-refractivity contribution in [3.63, 3.8) is 0 Å². The summed E-state index contributed by atoms with van der Waals surface area (Å²) in [6.07, 6.45) is 0. The summed E-state index contributed by atoms with van der Waals surface area (Å²) in [7, 11) is 1.99. The molecule has 1 fully saturated rings. The molecule has 170 valence electrons. The highest BCUT2D eigenvalue weighted by molar-refractivity contribution is 5.81. The topological polar surface area (TPSA) is 74.6 Å². The molecule has 2 aromatic carbocycles. The van der Waals surface area contributed by atoms with Crippen LogP contribution in [-0.4, -0.2) is 40.2 Å². The van der Waals surface area contributed by atoms with E-state index in [-0.39, 0.29) is 42.1 Å². The van der Waals surface area contributed by atoms with Crippen molar-refractivity contribution < 1.29 is 9.90 Å². The van der Waals surface area contributed by atoms with Gasteiger partial charge < -0.3 is 15.0 Å². The van der Waals surface area contributed by atoms with Crippen LogP contribution in [0.25, 0.3) is 11.1 Å². The van der Waals surface area contributed by atoms with Crippen molar-refractivity contribution in [2.45, 2.75) is 31.6 Å². The number of aliphatic hydroxyl groups is 1. The fourth-order valence-corrected chi connectivity index (χ4v) is 5.66. The van der Waals surface area contributed by atoms with Crippen molar-refractivity contribution in [1.29, 1.82) is 0 Å². The molecule has 0 saturated carbocycles. The SMILES string of the molecule is C[C@H](NC(=O)[C@@H]1[C@@H](CO)[C@@H]2Cn3c(ccc(-c4ccccc4)c3=O)[C@H]1N2C)c1ccccc1. The second kappa shape index (κ2) is 8.61. The lowest BCUT2D eigenvalue weighted by Gasteiger charge is -2.35. The Kier molecular flexibility index (Phi) is 5.64. The first-order valence-electron chi connectivity index (χ1n) is 11.5. The minimum Gasteiger partial charge on any atom is -0.396 e. The number of rotatable bonds is 5. The number of pyridine rings is 1. The lowest BCUT2D eigenvalue weighted by molar-refractivity contribution is -0.128. The van der Waals surface area contributed by atoms with Gasteiger partial charge in [0.15, 0.2) is 0 Å². The number of aromatic nitrogens is 1. The maximum Gasteiger partial charge on any atom is 0.258 e. The van der Waals surface area contributed by atoms with E-state index >= 15 is 0 Å². The summed E-state index contributed by atoms with van der Waals surface area (Å²) in [6.45, 7) is 2.33. The lowest BCUT2D eigenvalue weighted by Crippen LogP contribution is -2.44. The molecule has 2 aliphatic rings. The molecular weight excluding hydrogens is 414 g/mol. The van der Waals surface area contributed by atoms with E-state index < -0.39 is 5.92 Å². The van der Waals surface area contributed by atoms with Gasteiger partial charge in [0.1, 0.15) is 0 Å². The van der Waals surface area contributed by atoms with Gasteiger partial charge in [0, 0.05) is 36.4 Å². The van der Waals surface area contributed by atoms with Gasteiger partial charge in [-0.2, -0.15) is 0 Å². The minimum absolute atomic E-state index is 0.0443. The van der Waals surface area contributed by atoms with Crippen molar-refractivity contribution >= 4 is 5.91 Å². The largest absolute Gasteiger partial charge is 0.396 e. The number of amides is 1. The second-order valence-corrected chi connectivity index (χ2v) is 9.14. The standard InChI is InChI=1S/C27H29N3O3/c1-17(18-9-5-3-6-10-18)28-26(32)24-21(16-31)23-15-30-22(25(24)29(23)2)14-13-20(27(30)33)19-11-7-4-8-12-19/h3-14,17,21,23-25,31H,15-16H2,1-2H3,(H,28,32)/t17-,21-,23-,24+,25+/m0/s1. The van der Waals surface area contributed by atoms with Crippen LogP contribution in [0.4, 0.5) is 0 Å². The van der Waals surface area contributed by atoms with Gasteiger partial charge in [-0.1, -0.05) is 60.7 Å². The second-order valence-electron chi connectivity index (χ2n) is 9.14. The molecule has 1 saturated heterocycles. The average molecular weight is 444 g/mol. The van der Waals surface area contributed by atoms with Crippen molar-refractivity contribution in [2.75, 3.05) is 13.7 Å². The first-order chi connectivity index (χ1) is 16.0. The van der Waals surface area contributed by atoms with E-state index in [1.807, 2.05) is 91.3 Å². The van der Waals surface area contributed by atoms with Crippen molar-refractivity contribution in [3.8, 4) is 11.1 Å². The summed E-state index contributed by atoms with van der Waals surface area (Å²) in [5, 5.41) is 13.4. The molecule has 2 aliphatic heterocycles. The Bertz CT molecular complexity index is 1210. The molecule has 6 heteroatoms. The summed E-state index contributed by atoms with van der Waals surface area (Å²) in [4.78, 5) is 29.2. The Morgan fingerprint density at radius 2 is 1.73 bits per heavy atom. The number of benzene rings is 2. The third kappa shape index (κ3) is 3.59. The molecule has 2 bridgehead atoms. The molecule has 0 aliphatic carbocycles. The predicted octanol–water partition coefficient (Wildman–Crippen LogP) is 2.99. The Morgan fingerprint density at radius 3 is 2.39 bits per heavy atom. The van der Waals surface area contributed by atoms with E-state index in [0.717, 1.165) is 16.8 Å². The molecule has 2 N–H and O–H groups in total. The van der Waals surface area contributed by atoms with E-state index in [2.05, 4.69) is 10.2 Å². The Hall–Kier alpha value is -3.22. The molecule has 3 heterocycles. The van der Waals surface area contributed by atoms with Crippen LogP contribution in [0.3, 0.4) is 0 Å². The molecule has 33 heavy (non-hydrogen) atoms. The summed E-state index contributed by atoms with van der Waals surface area (Å²) in [5.41, 5.74) is 3.36. The number of aliphatic hydroxyl groups excluding tert-OH is 1. The molecule has 1 aromatic heterocycles. The fourth-order valence-electron chi connectivity index (χ4n) is 5.66. The maximum absolute atomic E-state index is 13.5. The number of hydrogen-bond acceptors (Lipinski definition) is 4. The van der Waals surface area contributed by atoms with E-state index in [9.17, 15) is 14.7 Å². The van der Waals surface area contributed by atoms with Crippen LogP contribution >= 0.6 is 0 Å². The maximum atomic E-state index is 13.5.